The van der Waals surface area contributed by atoms with Gasteiger partial charge in [-0.3, -0.25) is 9.59 Å². The van der Waals surface area contributed by atoms with Crippen molar-refractivity contribution in [3.8, 4) is 0 Å². The number of para-hydroxylation sites is 1. The van der Waals surface area contributed by atoms with Gasteiger partial charge in [-0.25, -0.2) is 0 Å². The maximum absolute atomic E-state index is 12.4. The van der Waals surface area contributed by atoms with Gasteiger partial charge in [0.2, 0.25) is 0 Å². The highest BCUT2D eigenvalue weighted by Crippen LogP contribution is 2.16. The van der Waals surface area contributed by atoms with Crippen LogP contribution in [0.4, 0.5) is 5.69 Å². The molecular weight excluding hydrogens is 314 g/mol. The molecule has 1 aliphatic rings. The molecule has 25 heavy (non-hydrogen) atoms. The average molecular weight is 337 g/mol. The summed E-state index contributed by atoms with van der Waals surface area (Å²) >= 11 is 0. The topological polar surface area (TPSA) is 52.7 Å². The van der Waals surface area contributed by atoms with Gasteiger partial charge in [-0.05, 0) is 24.6 Å². The molecule has 0 radical (unpaired) electrons. The lowest BCUT2D eigenvalue weighted by atomic mass is 10.1. The number of hydrogen-bond donors (Lipinski definition) is 1. The zero-order valence-corrected chi connectivity index (χ0v) is 14.4. The van der Waals surface area contributed by atoms with Crippen LogP contribution in [0.3, 0.4) is 0 Å². The lowest BCUT2D eigenvalue weighted by Gasteiger charge is -2.35. The first-order chi connectivity index (χ1) is 12.1. The largest absolute Gasteiger partial charge is 0.368 e. The molecule has 5 heteroatoms. The Morgan fingerprint density at radius 1 is 0.880 bits per heavy atom. The minimum absolute atomic E-state index is 0.191. The first-order valence-electron chi connectivity index (χ1n) is 8.60. The van der Waals surface area contributed by atoms with Gasteiger partial charge in [0.1, 0.15) is 0 Å². The summed E-state index contributed by atoms with van der Waals surface area (Å²) in [4.78, 5) is 28.5. The number of nitrogens with one attached hydrogen (secondary N) is 1. The summed E-state index contributed by atoms with van der Waals surface area (Å²) in [6.45, 7) is 4.46. The molecule has 1 aliphatic heterocycles. The summed E-state index contributed by atoms with van der Waals surface area (Å²) in [7, 11) is 0. The fraction of sp³-hybridized carbons (Fsp3) is 0.300. The molecule has 0 unspecified atom stereocenters. The van der Waals surface area contributed by atoms with Gasteiger partial charge in [0, 0.05) is 31.9 Å². The van der Waals surface area contributed by atoms with Crippen LogP contribution >= 0.6 is 0 Å². The monoisotopic (exact) mass is 337 g/mol. The minimum Gasteiger partial charge on any atom is -0.368 e. The van der Waals surface area contributed by atoms with E-state index in [1.807, 2.05) is 55.5 Å². The summed E-state index contributed by atoms with van der Waals surface area (Å²) in [5, 5.41) is 2.79. The van der Waals surface area contributed by atoms with E-state index < -0.39 is 11.8 Å². The highest BCUT2D eigenvalue weighted by molar-refractivity contribution is 6.35. The quantitative estimate of drug-likeness (QED) is 0.874. The van der Waals surface area contributed by atoms with Crippen LogP contribution in [0.15, 0.2) is 60.7 Å². The molecular formula is C20H23N3O2. The fourth-order valence-corrected chi connectivity index (χ4v) is 3.03. The first kappa shape index (κ1) is 17.0. The SMILES string of the molecule is C[C@@H](NC(=O)C(=O)N1CCN(c2ccccc2)CC1)c1ccccc1. The maximum Gasteiger partial charge on any atom is 0.312 e. The number of benzene rings is 2. The van der Waals surface area contributed by atoms with Crippen molar-refractivity contribution >= 4 is 17.5 Å². The second-order valence-corrected chi connectivity index (χ2v) is 6.22. The highest BCUT2D eigenvalue weighted by Gasteiger charge is 2.27. The molecule has 1 saturated heterocycles. The molecule has 2 amide bonds. The van der Waals surface area contributed by atoms with E-state index in [1.165, 1.54) is 0 Å². The predicted molar refractivity (Wildman–Crippen MR) is 98.2 cm³/mol. The van der Waals surface area contributed by atoms with Gasteiger partial charge >= 0.3 is 11.8 Å². The molecule has 0 bridgehead atoms. The van der Waals surface area contributed by atoms with Crippen molar-refractivity contribution < 1.29 is 9.59 Å². The molecule has 3 rings (SSSR count). The molecule has 0 aliphatic carbocycles. The molecule has 1 heterocycles. The third-order valence-electron chi connectivity index (χ3n) is 4.53. The summed E-state index contributed by atoms with van der Waals surface area (Å²) in [5.74, 6) is -0.986. The molecule has 0 spiro atoms. The number of carbonyl (C=O) groups excluding carboxylic acids is 2. The van der Waals surface area contributed by atoms with Crippen LogP contribution in [0.5, 0.6) is 0 Å². The van der Waals surface area contributed by atoms with Crippen molar-refractivity contribution in [2.24, 2.45) is 0 Å². The van der Waals surface area contributed by atoms with Crippen LogP contribution in [-0.4, -0.2) is 42.9 Å². The van der Waals surface area contributed by atoms with E-state index in [0.29, 0.717) is 13.1 Å². The van der Waals surface area contributed by atoms with Crippen molar-refractivity contribution in [2.45, 2.75) is 13.0 Å². The fourth-order valence-electron chi connectivity index (χ4n) is 3.03. The van der Waals surface area contributed by atoms with Crippen molar-refractivity contribution in [1.82, 2.24) is 10.2 Å². The van der Waals surface area contributed by atoms with Gasteiger partial charge < -0.3 is 15.1 Å². The normalized spacial score (nSPS) is 15.6. The lowest BCUT2D eigenvalue weighted by Crippen LogP contribution is -2.52. The summed E-state index contributed by atoms with van der Waals surface area (Å²) in [6, 6.07) is 19.6. The number of amides is 2. The van der Waals surface area contributed by atoms with E-state index in [0.717, 1.165) is 24.3 Å². The Hall–Kier alpha value is -2.82. The van der Waals surface area contributed by atoms with Crippen molar-refractivity contribution in [3.05, 3.63) is 66.2 Å². The number of anilines is 1. The summed E-state index contributed by atoms with van der Waals surface area (Å²) < 4.78 is 0. The van der Waals surface area contributed by atoms with Gasteiger partial charge in [0.15, 0.2) is 0 Å². The van der Waals surface area contributed by atoms with Gasteiger partial charge in [-0.2, -0.15) is 0 Å². The smallest absolute Gasteiger partial charge is 0.312 e. The van der Waals surface area contributed by atoms with Crippen molar-refractivity contribution in [2.75, 3.05) is 31.1 Å². The molecule has 1 atom stereocenters. The van der Waals surface area contributed by atoms with Gasteiger partial charge in [-0.1, -0.05) is 48.5 Å². The minimum atomic E-state index is -0.537. The van der Waals surface area contributed by atoms with E-state index in [1.54, 1.807) is 4.90 Å². The predicted octanol–water partition coefficient (Wildman–Crippen LogP) is 2.21. The van der Waals surface area contributed by atoms with Crippen LogP contribution in [0.2, 0.25) is 0 Å². The van der Waals surface area contributed by atoms with Gasteiger partial charge in [0.05, 0.1) is 6.04 Å². The molecule has 0 aromatic heterocycles. The van der Waals surface area contributed by atoms with Crippen molar-refractivity contribution in [1.29, 1.82) is 0 Å². The average Bonchev–Trinajstić information content (AvgIpc) is 2.69. The standard InChI is InChI=1S/C20H23N3O2/c1-16(17-8-4-2-5-9-17)21-19(24)20(25)23-14-12-22(13-15-23)18-10-6-3-7-11-18/h2-11,16H,12-15H2,1H3,(H,21,24)/t16-/m1/s1. The molecule has 2 aromatic carbocycles. The van der Waals surface area contributed by atoms with E-state index in [4.69, 9.17) is 0 Å². The maximum atomic E-state index is 12.4. The Morgan fingerprint density at radius 2 is 1.44 bits per heavy atom. The summed E-state index contributed by atoms with van der Waals surface area (Å²) in [6.07, 6.45) is 0. The number of carbonyl (C=O) groups is 2. The third-order valence-corrected chi connectivity index (χ3v) is 4.53. The number of piperazine rings is 1. The zero-order chi connectivity index (χ0) is 17.6. The highest BCUT2D eigenvalue weighted by atomic mass is 16.2. The van der Waals surface area contributed by atoms with Crippen LogP contribution in [0, 0.1) is 0 Å². The second-order valence-electron chi connectivity index (χ2n) is 6.22. The third kappa shape index (κ3) is 4.18. The van der Waals surface area contributed by atoms with Crippen LogP contribution in [-0.2, 0) is 9.59 Å². The van der Waals surface area contributed by atoms with E-state index in [2.05, 4.69) is 22.3 Å². The number of hydrogen-bond acceptors (Lipinski definition) is 3. The van der Waals surface area contributed by atoms with E-state index >= 15 is 0 Å². The Kier molecular flexibility index (Phi) is 5.33. The number of nitrogens with zero attached hydrogens (tertiary/aromatic N) is 2. The molecule has 130 valence electrons. The molecule has 1 fully saturated rings. The van der Waals surface area contributed by atoms with Crippen molar-refractivity contribution in [3.63, 3.8) is 0 Å². The molecule has 0 saturated carbocycles. The Labute approximate surface area is 148 Å². The van der Waals surface area contributed by atoms with Crippen LogP contribution < -0.4 is 10.2 Å². The Bertz CT molecular complexity index is 710. The lowest BCUT2D eigenvalue weighted by molar-refractivity contribution is -0.146. The van der Waals surface area contributed by atoms with Crippen LogP contribution in [0.1, 0.15) is 18.5 Å². The van der Waals surface area contributed by atoms with Gasteiger partial charge in [0.25, 0.3) is 0 Å². The van der Waals surface area contributed by atoms with E-state index in [-0.39, 0.29) is 6.04 Å². The molecule has 1 N–H and O–H groups in total. The van der Waals surface area contributed by atoms with Crippen LogP contribution in [0.25, 0.3) is 0 Å². The first-order valence-corrected chi connectivity index (χ1v) is 8.60. The van der Waals surface area contributed by atoms with Gasteiger partial charge in [-0.15, -0.1) is 0 Å². The number of rotatable bonds is 3. The zero-order valence-electron chi connectivity index (χ0n) is 14.4. The van der Waals surface area contributed by atoms with E-state index in [9.17, 15) is 9.59 Å². The Morgan fingerprint density at radius 3 is 2.04 bits per heavy atom. The second kappa shape index (κ2) is 7.83. The molecule has 5 nitrogen and oxygen atoms in total. The summed E-state index contributed by atoms with van der Waals surface area (Å²) in [5.41, 5.74) is 2.13. The molecule has 2 aromatic rings. The Balaban J connectivity index is 1.53.